The zero-order valence-corrected chi connectivity index (χ0v) is 19.9. The Balaban J connectivity index is 1.42. The summed E-state index contributed by atoms with van der Waals surface area (Å²) in [6.07, 6.45) is 1.10. The second-order valence-corrected chi connectivity index (χ2v) is 10.4. The fraction of sp³-hybridized carbons (Fsp3) is 0.391. The van der Waals surface area contributed by atoms with Crippen LogP contribution < -0.4 is 5.32 Å². The molecule has 2 atom stereocenters. The highest BCUT2D eigenvalue weighted by atomic mass is 32.2. The molecule has 2 fully saturated rings. The van der Waals surface area contributed by atoms with Gasteiger partial charge in [-0.3, -0.25) is 9.59 Å². The highest BCUT2D eigenvalue weighted by molar-refractivity contribution is 8.01. The molecule has 1 aromatic carbocycles. The van der Waals surface area contributed by atoms with Crippen molar-refractivity contribution >= 4 is 52.5 Å². The minimum absolute atomic E-state index is 0.0697. The van der Waals surface area contributed by atoms with Gasteiger partial charge in [-0.05, 0) is 31.9 Å². The van der Waals surface area contributed by atoms with Gasteiger partial charge >= 0.3 is 11.9 Å². The Bertz CT molecular complexity index is 1090. The zero-order valence-electron chi connectivity index (χ0n) is 18.3. The number of benzene rings is 1. The fourth-order valence-corrected chi connectivity index (χ4v) is 6.42. The summed E-state index contributed by atoms with van der Waals surface area (Å²) in [5, 5.41) is 2.66. The predicted molar refractivity (Wildman–Crippen MR) is 126 cm³/mol. The van der Waals surface area contributed by atoms with Gasteiger partial charge in [0.25, 0.3) is 5.91 Å². The summed E-state index contributed by atoms with van der Waals surface area (Å²) in [7, 11) is 0. The number of esters is 2. The first-order valence-electron chi connectivity index (χ1n) is 10.6. The van der Waals surface area contributed by atoms with Crippen molar-refractivity contribution in [3.05, 3.63) is 41.3 Å². The molecule has 2 saturated heterocycles. The SMILES string of the molecule is CCOC(=O)c1sc(-c2ccccc2)cc1NC(=O)COC(=O)[C@@H]1CS[C@@]2(C)CCC(=O)N12. The molecule has 3 heterocycles. The standard InChI is InChI=1S/C23H24N2O6S2/c1-3-30-22(29)20-15(11-17(33-20)14-7-5-4-6-8-14)24-18(26)12-31-21(28)16-13-32-23(2)10-9-19(27)25(16)23/h4-8,11,16H,3,9-10,12-13H2,1-2H3,(H,24,26)/t16-,23-/m0/s1. The van der Waals surface area contributed by atoms with Crippen LogP contribution in [-0.4, -0.2) is 58.5 Å². The second kappa shape index (κ2) is 9.56. The van der Waals surface area contributed by atoms with E-state index in [1.54, 1.807) is 29.7 Å². The van der Waals surface area contributed by atoms with Crippen LogP contribution in [0.1, 0.15) is 36.4 Å². The van der Waals surface area contributed by atoms with E-state index < -0.39 is 30.5 Å². The van der Waals surface area contributed by atoms with Crippen molar-refractivity contribution in [2.24, 2.45) is 0 Å². The first kappa shape index (κ1) is 23.3. The summed E-state index contributed by atoms with van der Waals surface area (Å²) >= 11 is 2.77. The number of rotatable bonds is 7. The second-order valence-electron chi connectivity index (χ2n) is 7.86. The monoisotopic (exact) mass is 488 g/mol. The van der Waals surface area contributed by atoms with E-state index in [1.807, 2.05) is 37.3 Å². The minimum atomic E-state index is -0.691. The normalized spacial score (nSPS) is 21.6. The van der Waals surface area contributed by atoms with E-state index >= 15 is 0 Å². The number of carbonyl (C=O) groups is 4. The summed E-state index contributed by atoms with van der Waals surface area (Å²) in [4.78, 5) is 52.0. The molecule has 8 nitrogen and oxygen atoms in total. The van der Waals surface area contributed by atoms with Gasteiger partial charge in [-0.1, -0.05) is 30.3 Å². The zero-order chi connectivity index (χ0) is 23.6. The molecule has 10 heteroatoms. The first-order valence-corrected chi connectivity index (χ1v) is 12.4. The molecule has 174 valence electrons. The maximum absolute atomic E-state index is 12.6. The number of hydrogen-bond acceptors (Lipinski definition) is 8. The fourth-order valence-electron chi connectivity index (χ4n) is 3.99. The number of carbonyl (C=O) groups excluding carboxylic acids is 4. The number of amides is 2. The van der Waals surface area contributed by atoms with Gasteiger partial charge in [-0.15, -0.1) is 23.1 Å². The topological polar surface area (TPSA) is 102 Å². The molecular weight excluding hydrogens is 464 g/mol. The van der Waals surface area contributed by atoms with Gasteiger partial charge in [-0.25, -0.2) is 9.59 Å². The average molecular weight is 489 g/mol. The lowest BCUT2D eigenvalue weighted by atomic mass is 10.2. The molecule has 33 heavy (non-hydrogen) atoms. The number of nitrogens with zero attached hydrogens (tertiary/aromatic N) is 1. The van der Waals surface area contributed by atoms with E-state index in [9.17, 15) is 19.2 Å². The van der Waals surface area contributed by atoms with Gasteiger partial charge in [0.2, 0.25) is 5.91 Å². The van der Waals surface area contributed by atoms with Crippen LogP contribution in [0.2, 0.25) is 0 Å². The lowest BCUT2D eigenvalue weighted by Crippen LogP contribution is -2.47. The van der Waals surface area contributed by atoms with Crippen molar-refractivity contribution in [1.82, 2.24) is 4.90 Å². The number of ether oxygens (including phenoxy) is 2. The third-order valence-corrected chi connectivity index (χ3v) is 8.26. The number of fused-ring (bicyclic) bond motifs is 1. The summed E-state index contributed by atoms with van der Waals surface area (Å²) in [6.45, 7) is 3.34. The Morgan fingerprint density at radius 2 is 1.97 bits per heavy atom. The van der Waals surface area contributed by atoms with E-state index in [2.05, 4.69) is 5.32 Å². The Kier molecular flexibility index (Phi) is 6.76. The smallest absolute Gasteiger partial charge is 0.350 e. The summed E-state index contributed by atoms with van der Waals surface area (Å²) in [5.41, 5.74) is 1.20. The van der Waals surface area contributed by atoms with E-state index in [4.69, 9.17) is 9.47 Å². The Morgan fingerprint density at radius 3 is 2.70 bits per heavy atom. The van der Waals surface area contributed by atoms with Crippen LogP contribution in [0.15, 0.2) is 36.4 Å². The van der Waals surface area contributed by atoms with Crippen molar-refractivity contribution in [3.63, 3.8) is 0 Å². The van der Waals surface area contributed by atoms with E-state index in [-0.39, 0.29) is 22.3 Å². The minimum Gasteiger partial charge on any atom is -0.462 e. The molecule has 1 N–H and O–H groups in total. The molecule has 2 aromatic rings. The lowest BCUT2D eigenvalue weighted by molar-refractivity contribution is -0.155. The molecule has 1 aromatic heterocycles. The Labute approximate surface area is 199 Å². The Hall–Kier alpha value is -2.85. The van der Waals surface area contributed by atoms with Crippen LogP contribution in [0, 0.1) is 0 Å². The molecule has 0 spiro atoms. The number of thiophene rings is 1. The molecule has 4 rings (SSSR count). The molecule has 2 aliphatic rings. The number of anilines is 1. The highest BCUT2D eigenvalue weighted by Crippen LogP contribution is 2.47. The summed E-state index contributed by atoms with van der Waals surface area (Å²) < 4.78 is 10.3. The van der Waals surface area contributed by atoms with Crippen molar-refractivity contribution < 1.29 is 28.7 Å². The van der Waals surface area contributed by atoms with Gasteiger partial charge in [0.1, 0.15) is 10.9 Å². The Morgan fingerprint density at radius 1 is 1.21 bits per heavy atom. The summed E-state index contributed by atoms with van der Waals surface area (Å²) in [6, 6.07) is 10.5. The van der Waals surface area contributed by atoms with Crippen LogP contribution in [0.25, 0.3) is 10.4 Å². The van der Waals surface area contributed by atoms with E-state index in [0.717, 1.165) is 10.4 Å². The van der Waals surface area contributed by atoms with Gasteiger partial charge in [0, 0.05) is 17.1 Å². The van der Waals surface area contributed by atoms with E-state index in [1.165, 1.54) is 11.3 Å². The molecule has 0 unspecified atom stereocenters. The molecule has 0 saturated carbocycles. The van der Waals surface area contributed by atoms with Gasteiger partial charge in [-0.2, -0.15) is 0 Å². The van der Waals surface area contributed by atoms with Crippen LogP contribution in [0.4, 0.5) is 5.69 Å². The van der Waals surface area contributed by atoms with Crippen molar-refractivity contribution in [1.29, 1.82) is 0 Å². The largest absolute Gasteiger partial charge is 0.462 e. The van der Waals surface area contributed by atoms with Crippen LogP contribution in [-0.2, 0) is 23.9 Å². The van der Waals surface area contributed by atoms with E-state index in [0.29, 0.717) is 24.3 Å². The molecular formula is C23H24N2O6S2. The van der Waals surface area contributed by atoms with Crippen molar-refractivity contribution in [2.75, 3.05) is 24.3 Å². The lowest BCUT2D eigenvalue weighted by Gasteiger charge is -2.29. The number of thioether (sulfide) groups is 1. The molecule has 2 aliphatic heterocycles. The third kappa shape index (κ3) is 4.77. The van der Waals surface area contributed by atoms with Crippen LogP contribution in [0.5, 0.6) is 0 Å². The van der Waals surface area contributed by atoms with Crippen LogP contribution >= 0.6 is 23.1 Å². The number of nitrogens with one attached hydrogen (secondary N) is 1. The van der Waals surface area contributed by atoms with Crippen LogP contribution in [0.3, 0.4) is 0 Å². The summed E-state index contributed by atoms with van der Waals surface area (Å²) in [5.74, 6) is -1.34. The highest BCUT2D eigenvalue weighted by Gasteiger charge is 2.53. The maximum Gasteiger partial charge on any atom is 0.350 e. The van der Waals surface area contributed by atoms with Gasteiger partial charge in [0.05, 0.1) is 17.2 Å². The average Bonchev–Trinajstić information content (AvgIpc) is 3.46. The first-order chi connectivity index (χ1) is 15.8. The molecule has 0 aliphatic carbocycles. The molecule has 0 radical (unpaired) electrons. The van der Waals surface area contributed by atoms with Gasteiger partial charge < -0.3 is 19.7 Å². The number of hydrogen-bond donors (Lipinski definition) is 1. The molecule has 2 amide bonds. The quantitative estimate of drug-likeness (QED) is 0.595. The predicted octanol–water partition coefficient (Wildman–Crippen LogP) is 3.53. The molecule has 0 bridgehead atoms. The van der Waals surface area contributed by atoms with Crippen molar-refractivity contribution in [3.8, 4) is 10.4 Å². The maximum atomic E-state index is 12.6. The van der Waals surface area contributed by atoms with Crippen molar-refractivity contribution in [2.45, 2.75) is 37.6 Å². The van der Waals surface area contributed by atoms with Gasteiger partial charge in [0.15, 0.2) is 6.61 Å². The third-order valence-electron chi connectivity index (χ3n) is 5.59.